The number of carboxylic acids is 1. The van der Waals surface area contributed by atoms with E-state index in [0.717, 1.165) is 16.2 Å². The molecule has 1 fully saturated rings. The highest BCUT2D eigenvalue weighted by Crippen LogP contribution is 2.40. The maximum atomic E-state index is 12.4. The second kappa shape index (κ2) is 7.56. The molecule has 10 nitrogen and oxygen atoms in total. The predicted molar refractivity (Wildman–Crippen MR) is 94.5 cm³/mol. The summed E-state index contributed by atoms with van der Waals surface area (Å²) in [5, 5.41) is 20.6. The van der Waals surface area contributed by atoms with E-state index in [9.17, 15) is 24.3 Å². The number of esters is 1. The van der Waals surface area contributed by atoms with Crippen LogP contribution in [0.2, 0.25) is 0 Å². The monoisotopic (exact) mass is 412 g/mol. The van der Waals surface area contributed by atoms with Gasteiger partial charge in [-0.15, -0.1) is 23.1 Å². The minimum Gasteiger partial charge on any atom is -0.477 e. The van der Waals surface area contributed by atoms with Crippen LogP contribution < -0.4 is 10.1 Å². The minimum atomic E-state index is -1.28. The molecule has 2 aliphatic heterocycles. The molecule has 2 amide bonds. The number of carbonyl (C=O) groups excluding carboxylic acids is 3. The van der Waals surface area contributed by atoms with Crippen LogP contribution in [0.3, 0.4) is 0 Å². The van der Waals surface area contributed by atoms with E-state index in [4.69, 9.17) is 10.1 Å². The molecule has 0 aromatic carbocycles. The van der Waals surface area contributed by atoms with Crippen LogP contribution in [0.5, 0.6) is 0 Å². The van der Waals surface area contributed by atoms with Crippen LogP contribution in [0, 0.1) is 5.41 Å². The van der Waals surface area contributed by atoms with Gasteiger partial charge in [-0.25, -0.2) is 4.79 Å². The molecule has 3 rings (SSSR count). The maximum absolute atomic E-state index is 12.4. The first-order valence-electron chi connectivity index (χ1n) is 7.82. The Morgan fingerprint density at radius 1 is 1.48 bits per heavy atom. The second-order valence-electron chi connectivity index (χ2n) is 5.88. The number of amides is 2. The Morgan fingerprint density at radius 3 is 2.81 bits per heavy atom. The van der Waals surface area contributed by atoms with E-state index in [2.05, 4.69) is 10.3 Å². The van der Waals surface area contributed by atoms with Crippen LogP contribution in [0.4, 0.5) is 0 Å². The summed E-state index contributed by atoms with van der Waals surface area (Å²) in [6, 6.07) is -0.818. The van der Waals surface area contributed by atoms with Crippen LogP contribution in [0.1, 0.15) is 12.6 Å². The number of aliphatic carboxylic acids is 1. The summed E-state index contributed by atoms with van der Waals surface area (Å²) in [4.78, 5) is 51.3. The molecular weight excluding hydrogens is 396 g/mol. The smallest absolute Gasteiger partial charge is 0.352 e. The number of ether oxygens (including phenoxy) is 1. The lowest BCUT2D eigenvalue weighted by molar-refractivity contribution is -0.151. The number of thiazole rings is 1. The fraction of sp³-hybridized carbons (Fsp3) is 0.400. The average molecular weight is 412 g/mol. The van der Waals surface area contributed by atoms with Crippen molar-refractivity contribution in [2.75, 3.05) is 12.4 Å². The van der Waals surface area contributed by atoms with Crippen molar-refractivity contribution in [3.8, 4) is 0 Å². The standard InChI is InChI=1S/C15H16N4O6S2/c1-6(20)25-3-7-4-26-13-10(12(22)19(13)11(7)14(23)24)18-9(21)2-8-5-27-15(16)17-8/h5,10,13H,2-4H2,1H3,(H2,16,17)(H,18,21)(H,23,24)/t10-,13+/m1/s1. The number of carboxylic acid groups (broad SMARTS) is 1. The summed E-state index contributed by atoms with van der Waals surface area (Å²) < 4.78 is 4.87. The fourth-order valence-corrected chi connectivity index (χ4v) is 4.72. The Morgan fingerprint density at radius 2 is 2.22 bits per heavy atom. The molecule has 0 unspecified atom stereocenters. The molecule has 0 radical (unpaired) electrons. The Kier molecular flexibility index (Phi) is 5.37. The SMILES string of the molecule is CC(=O)OCC1=C(C(=O)O)N2C(=O)[C@@H](NC(=O)Cc3csc(=N)[nH]3)[C@@H]2SC1. The average Bonchev–Trinajstić information content (AvgIpc) is 3.01. The number of aromatic nitrogens is 1. The van der Waals surface area contributed by atoms with E-state index in [1.54, 1.807) is 5.38 Å². The number of thioether (sulfide) groups is 1. The number of H-pyrrole nitrogens is 1. The van der Waals surface area contributed by atoms with Crippen LogP contribution >= 0.6 is 23.1 Å². The first-order chi connectivity index (χ1) is 12.8. The van der Waals surface area contributed by atoms with Gasteiger partial charge in [0, 0.05) is 29.3 Å². The first kappa shape index (κ1) is 19.2. The summed E-state index contributed by atoms with van der Waals surface area (Å²) in [7, 11) is 0. The van der Waals surface area contributed by atoms with Crippen molar-refractivity contribution in [1.29, 1.82) is 5.41 Å². The molecule has 4 N–H and O–H groups in total. The van der Waals surface area contributed by atoms with Gasteiger partial charge in [0.05, 0.1) is 6.42 Å². The zero-order chi connectivity index (χ0) is 19.7. The van der Waals surface area contributed by atoms with Gasteiger partial charge in [-0.05, 0) is 0 Å². The third kappa shape index (κ3) is 3.90. The van der Waals surface area contributed by atoms with Gasteiger partial charge in [0.15, 0.2) is 4.80 Å². The van der Waals surface area contributed by atoms with Crippen molar-refractivity contribution in [1.82, 2.24) is 15.2 Å². The van der Waals surface area contributed by atoms with Crippen LogP contribution in [0.25, 0.3) is 0 Å². The lowest BCUT2D eigenvalue weighted by atomic mass is 10.0. The molecule has 0 bridgehead atoms. The van der Waals surface area contributed by atoms with E-state index in [1.807, 2.05) is 0 Å². The van der Waals surface area contributed by atoms with E-state index >= 15 is 0 Å². The van der Waals surface area contributed by atoms with Gasteiger partial charge in [-0.3, -0.25) is 24.7 Å². The van der Waals surface area contributed by atoms with Gasteiger partial charge in [-0.2, -0.15) is 0 Å². The molecule has 1 aromatic heterocycles. The molecule has 12 heteroatoms. The number of hydrogen-bond donors (Lipinski definition) is 4. The first-order valence-corrected chi connectivity index (χ1v) is 9.74. The molecule has 0 saturated carbocycles. The third-order valence-corrected chi connectivity index (χ3v) is 6.04. The Bertz CT molecular complexity index is 904. The van der Waals surface area contributed by atoms with Gasteiger partial charge in [0.2, 0.25) is 5.91 Å². The molecule has 3 heterocycles. The summed E-state index contributed by atoms with van der Waals surface area (Å²) >= 11 is 2.46. The largest absolute Gasteiger partial charge is 0.477 e. The summed E-state index contributed by atoms with van der Waals surface area (Å²) in [5.41, 5.74) is 0.714. The van der Waals surface area contributed by atoms with Crippen molar-refractivity contribution in [3.05, 3.63) is 27.1 Å². The molecule has 2 atom stereocenters. The fourth-order valence-electron chi connectivity index (χ4n) is 2.80. The van der Waals surface area contributed by atoms with Crippen LogP contribution in [0.15, 0.2) is 16.7 Å². The Hall–Kier alpha value is -2.60. The second-order valence-corrected chi connectivity index (χ2v) is 7.87. The quantitative estimate of drug-likeness (QED) is 0.359. The van der Waals surface area contributed by atoms with E-state index in [0.29, 0.717) is 11.3 Å². The Labute approximate surface area is 161 Å². The predicted octanol–water partition coefficient (Wildman–Crippen LogP) is -0.600. The van der Waals surface area contributed by atoms with Crippen LogP contribution in [-0.4, -0.2) is 62.5 Å². The summed E-state index contributed by atoms with van der Waals surface area (Å²) in [6.07, 6.45) is -0.00409. The topological polar surface area (TPSA) is 153 Å². The lowest BCUT2D eigenvalue weighted by Crippen LogP contribution is -2.70. The summed E-state index contributed by atoms with van der Waals surface area (Å²) in [6.45, 7) is 1.02. The zero-order valence-corrected chi connectivity index (χ0v) is 15.7. The van der Waals surface area contributed by atoms with Crippen molar-refractivity contribution in [3.63, 3.8) is 0 Å². The van der Waals surface area contributed by atoms with Gasteiger partial charge < -0.3 is 20.1 Å². The molecule has 2 aliphatic rings. The van der Waals surface area contributed by atoms with Gasteiger partial charge >= 0.3 is 11.9 Å². The van der Waals surface area contributed by atoms with Crippen LogP contribution in [-0.2, 0) is 30.3 Å². The number of nitrogens with zero attached hydrogens (tertiary/aromatic N) is 1. The molecule has 27 heavy (non-hydrogen) atoms. The molecular formula is C15H16N4O6S2. The van der Waals surface area contributed by atoms with Crippen molar-refractivity contribution >= 4 is 46.9 Å². The number of carbonyl (C=O) groups is 4. The highest BCUT2D eigenvalue weighted by atomic mass is 32.2. The molecule has 0 spiro atoms. The highest BCUT2D eigenvalue weighted by molar-refractivity contribution is 8.00. The zero-order valence-electron chi connectivity index (χ0n) is 14.1. The van der Waals surface area contributed by atoms with E-state index in [-0.39, 0.29) is 29.3 Å². The molecule has 0 aliphatic carbocycles. The molecule has 1 saturated heterocycles. The van der Waals surface area contributed by atoms with Gasteiger partial charge in [0.1, 0.15) is 23.7 Å². The lowest BCUT2D eigenvalue weighted by Gasteiger charge is -2.49. The number of rotatable bonds is 6. The van der Waals surface area contributed by atoms with E-state index in [1.165, 1.54) is 18.7 Å². The Balaban J connectivity index is 1.69. The number of hydrogen-bond acceptors (Lipinski definition) is 8. The number of aromatic amines is 1. The van der Waals surface area contributed by atoms with Crippen molar-refractivity contribution in [2.45, 2.75) is 24.8 Å². The van der Waals surface area contributed by atoms with E-state index < -0.39 is 35.2 Å². The molecule has 1 aromatic rings. The third-order valence-electron chi connectivity index (χ3n) is 3.96. The number of nitrogens with one attached hydrogen (secondary N) is 3. The summed E-state index contributed by atoms with van der Waals surface area (Å²) in [5.74, 6) is -2.46. The van der Waals surface area contributed by atoms with Gasteiger partial charge in [0.25, 0.3) is 5.91 Å². The normalized spacial score (nSPS) is 21.4. The molecule has 144 valence electrons. The minimum absolute atomic E-state index is 0.00409. The number of β-lactam (4-membered cyclic amide) rings is 1. The maximum Gasteiger partial charge on any atom is 0.352 e. The number of fused-ring (bicyclic) bond motifs is 1. The highest BCUT2D eigenvalue weighted by Gasteiger charge is 2.54. The van der Waals surface area contributed by atoms with Gasteiger partial charge in [-0.1, -0.05) is 0 Å². The van der Waals surface area contributed by atoms with Crippen molar-refractivity contribution in [2.24, 2.45) is 0 Å². The van der Waals surface area contributed by atoms with Crippen molar-refractivity contribution < 1.29 is 29.0 Å².